The maximum atomic E-state index is 13.2. The van der Waals surface area contributed by atoms with Crippen LogP contribution in [-0.4, -0.2) is 37.4 Å². The summed E-state index contributed by atoms with van der Waals surface area (Å²) in [6.45, 7) is 0.0225. The third-order valence-electron chi connectivity index (χ3n) is 5.20. The molecule has 0 bridgehead atoms. The van der Waals surface area contributed by atoms with Gasteiger partial charge in [-0.05, 0) is 43.2 Å². The number of phenolic OH excluding ortho intramolecular Hbond substituents is 1. The van der Waals surface area contributed by atoms with E-state index in [-0.39, 0.29) is 23.8 Å². The highest BCUT2D eigenvalue weighted by Gasteiger charge is 2.51. The quantitative estimate of drug-likeness (QED) is 0.396. The van der Waals surface area contributed by atoms with Gasteiger partial charge in [0.15, 0.2) is 0 Å². The number of nitrogens with two attached hydrogens (primary N) is 1. The Kier molecular flexibility index (Phi) is 6.16. The summed E-state index contributed by atoms with van der Waals surface area (Å²) in [5.74, 6) is -1.88. The van der Waals surface area contributed by atoms with Gasteiger partial charge in [0.05, 0.1) is 24.0 Å². The second kappa shape index (κ2) is 9.08. The van der Waals surface area contributed by atoms with Gasteiger partial charge in [0, 0.05) is 12.4 Å². The molecule has 1 fully saturated rings. The van der Waals surface area contributed by atoms with Crippen molar-refractivity contribution >= 4 is 17.8 Å². The topological polar surface area (TPSA) is 152 Å². The summed E-state index contributed by atoms with van der Waals surface area (Å²) >= 11 is 0. The van der Waals surface area contributed by atoms with Crippen molar-refractivity contribution in [1.82, 2.24) is 25.6 Å². The zero-order valence-corrected chi connectivity index (χ0v) is 18.0. The molecule has 1 aromatic carbocycles. The zero-order valence-electron chi connectivity index (χ0n) is 18.0. The molecule has 0 aliphatic heterocycles. The second-order valence-electron chi connectivity index (χ2n) is 7.81. The number of amides is 2. The summed E-state index contributed by atoms with van der Waals surface area (Å²) in [5.41, 5.74) is 3.81. The fraction of sp³-hybridized carbons (Fsp3) is 0.227. The van der Waals surface area contributed by atoms with Crippen molar-refractivity contribution in [2.45, 2.75) is 31.1 Å². The van der Waals surface area contributed by atoms with E-state index in [1.807, 2.05) is 0 Å². The van der Waals surface area contributed by atoms with Crippen LogP contribution in [0.4, 0.5) is 19.1 Å². The van der Waals surface area contributed by atoms with E-state index in [2.05, 4.69) is 25.6 Å². The van der Waals surface area contributed by atoms with E-state index in [1.165, 1.54) is 30.7 Å². The lowest BCUT2D eigenvalue weighted by molar-refractivity contribution is -0.138. The fourth-order valence-corrected chi connectivity index (χ4v) is 3.15. The van der Waals surface area contributed by atoms with Gasteiger partial charge in [0.1, 0.15) is 28.4 Å². The molecule has 0 atom stereocenters. The lowest BCUT2D eigenvalue weighted by Crippen LogP contribution is -2.48. The van der Waals surface area contributed by atoms with Crippen LogP contribution in [0.2, 0.25) is 0 Å². The maximum Gasteiger partial charge on any atom is 0.420 e. The molecule has 0 radical (unpaired) electrons. The number of carbonyl (C=O) groups is 2. The van der Waals surface area contributed by atoms with Gasteiger partial charge in [-0.15, -0.1) is 0 Å². The monoisotopic (exact) mass is 488 g/mol. The Bertz CT molecular complexity index is 1250. The summed E-state index contributed by atoms with van der Waals surface area (Å²) in [5, 5.41) is 14.7. The van der Waals surface area contributed by atoms with Crippen LogP contribution in [0, 0.1) is 0 Å². The summed E-state index contributed by atoms with van der Waals surface area (Å²) in [6, 6.07) is 5.53. The summed E-state index contributed by atoms with van der Waals surface area (Å²) in [6.07, 6.45) is -0.0846. The smallest absolute Gasteiger partial charge is 0.420 e. The number of hydrogen-bond acceptors (Lipinski definition) is 8. The largest absolute Gasteiger partial charge is 0.508 e. The van der Waals surface area contributed by atoms with Gasteiger partial charge < -0.3 is 26.2 Å². The van der Waals surface area contributed by atoms with Crippen molar-refractivity contribution in [1.29, 1.82) is 0 Å². The number of anilines is 1. The molecule has 5 N–H and O–H groups in total. The summed E-state index contributed by atoms with van der Waals surface area (Å²) in [7, 11) is 0. The maximum absolute atomic E-state index is 13.2. The van der Waals surface area contributed by atoms with E-state index in [1.54, 1.807) is 0 Å². The van der Waals surface area contributed by atoms with Crippen molar-refractivity contribution in [2.24, 2.45) is 0 Å². The molecule has 2 heterocycles. The Morgan fingerprint density at radius 2 is 1.80 bits per heavy atom. The van der Waals surface area contributed by atoms with Crippen LogP contribution in [0.3, 0.4) is 0 Å². The molecule has 1 aliphatic carbocycles. The van der Waals surface area contributed by atoms with Crippen LogP contribution >= 0.6 is 0 Å². The number of ether oxygens (including phenoxy) is 1. The number of benzene rings is 1. The van der Waals surface area contributed by atoms with Crippen LogP contribution in [-0.2, 0) is 17.5 Å². The highest BCUT2D eigenvalue weighted by atomic mass is 19.4. The molecular weight excluding hydrogens is 469 g/mol. The first kappa shape index (κ1) is 23.7. The van der Waals surface area contributed by atoms with Crippen molar-refractivity contribution < 1.29 is 32.6 Å². The van der Waals surface area contributed by atoms with E-state index in [0.29, 0.717) is 24.6 Å². The number of phenols is 1. The third-order valence-corrected chi connectivity index (χ3v) is 5.20. The molecule has 13 heteroatoms. The number of alkyl halides is 3. The molecule has 1 saturated carbocycles. The van der Waals surface area contributed by atoms with Crippen molar-refractivity contribution in [3.8, 4) is 17.2 Å². The first-order valence-electron chi connectivity index (χ1n) is 10.3. The SMILES string of the molecule is Nc1ncc(C(=O)NC2(C(=O)NCc3ccc(Oc4ccc(O)cc4C(F)(F)F)cn3)CC2)cn1. The van der Waals surface area contributed by atoms with Crippen LogP contribution in [0.15, 0.2) is 48.9 Å². The Balaban J connectivity index is 1.34. The Labute approximate surface area is 196 Å². The number of aromatic hydroxyl groups is 1. The lowest BCUT2D eigenvalue weighted by Gasteiger charge is -2.17. The van der Waals surface area contributed by atoms with E-state index in [4.69, 9.17) is 10.5 Å². The number of carbonyl (C=O) groups excluding carboxylic acids is 2. The van der Waals surface area contributed by atoms with Gasteiger partial charge in [0.25, 0.3) is 5.91 Å². The Hall–Kier alpha value is -4.42. The molecule has 0 unspecified atom stereocenters. The Morgan fingerprint density at radius 3 is 2.40 bits per heavy atom. The zero-order chi connectivity index (χ0) is 25.2. The number of nitrogens with one attached hydrogen (secondary N) is 2. The first-order chi connectivity index (χ1) is 16.6. The number of aromatic nitrogens is 3. The van der Waals surface area contributed by atoms with Crippen LogP contribution in [0.25, 0.3) is 0 Å². The van der Waals surface area contributed by atoms with Gasteiger partial charge in [-0.1, -0.05) is 0 Å². The van der Waals surface area contributed by atoms with E-state index in [9.17, 15) is 27.9 Å². The third kappa shape index (κ3) is 5.57. The van der Waals surface area contributed by atoms with Gasteiger partial charge in [-0.3, -0.25) is 14.6 Å². The van der Waals surface area contributed by atoms with Gasteiger partial charge in [-0.2, -0.15) is 13.2 Å². The number of rotatable bonds is 7. The minimum absolute atomic E-state index is 0.0215. The molecule has 0 spiro atoms. The highest BCUT2D eigenvalue weighted by molar-refractivity contribution is 6.00. The van der Waals surface area contributed by atoms with Gasteiger partial charge in [0.2, 0.25) is 11.9 Å². The predicted molar refractivity (Wildman–Crippen MR) is 115 cm³/mol. The minimum Gasteiger partial charge on any atom is -0.508 e. The average molecular weight is 488 g/mol. The van der Waals surface area contributed by atoms with Crippen LogP contribution in [0.5, 0.6) is 17.2 Å². The minimum atomic E-state index is -4.72. The number of nitrogens with zero attached hydrogens (tertiary/aromatic N) is 3. The Morgan fingerprint density at radius 1 is 1.09 bits per heavy atom. The van der Waals surface area contributed by atoms with E-state index in [0.717, 1.165) is 12.1 Å². The molecule has 3 aromatic rings. The molecule has 0 saturated heterocycles. The summed E-state index contributed by atoms with van der Waals surface area (Å²) < 4.78 is 44.8. The molecule has 35 heavy (non-hydrogen) atoms. The molecule has 2 amide bonds. The standard InChI is InChI=1S/C22H19F3N6O4/c23-22(24,25)16-7-14(32)2-4-17(16)35-15-3-1-13(27-11-15)10-28-19(34)21(5-6-21)31-18(33)12-8-29-20(26)30-9-12/h1-4,7-9,11,32H,5-6,10H2,(H,28,34)(H,31,33)(H2,26,29,30). The van der Waals surface area contributed by atoms with E-state index >= 15 is 0 Å². The molecule has 10 nitrogen and oxygen atoms in total. The molecular formula is C22H19F3N6O4. The van der Waals surface area contributed by atoms with Crippen LogP contribution < -0.4 is 21.1 Å². The molecule has 4 rings (SSSR count). The number of hydrogen-bond donors (Lipinski definition) is 4. The fourth-order valence-electron chi connectivity index (χ4n) is 3.15. The van der Waals surface area contributed by atoms with Gasteiger partial charge in [-0.25, -0.2) is 9.97 Å². The van der Waals surface area contributed by atoms with Crippen LogP contribution in [0.1, 0.15) is 34.5 Å². The van der Waals surface area contributed by atoms with Crippen molar-refractivity contribution in [3.05, 3.63) is 65.7 Å². The number of nitrogen functional groups attached to an aromatic ring is 1. The predicted octanol–water partition coefficient (Wildman–Crippen LogP) is 2.55. The molecule has 1 aliphatic rings. The first-order valence-corrected chi connectivity index (χ1v) is 10.3. The normalized spacial score (nSPS) is 14.1. The second-order valence-corrected chi connectivity index (χ2v) is 7.81. The van der Waals surface area contributed by atoms with Crippen molar-refractivity contribution in [3.63, 3.8) is 0 Å². The molecule has 182 valence electrons. The highest BCUT2D eigenvalue weighted by Crippen LogP contribution is 2.40. The number of halogens is 3. The average Bonchev–Trinajstić information content (AvgIpc) is 3.60. The number of pyridine rings is 1. The molecule has 2 aromatic heterocycles. The van der Waals surface area contributed by atoms with Crippen molar-refractivity contribution in [2.75, 3.05) is 5.73 Å². The lowest BCUT2D eigenvalue weighted by atomic mass is 10.2. The van der Waals surface area contributed by atoms with E-state index < -0.39 is 40.6 Å². The van der Waals surface area contributed by atoms with Gasteiger partial charge >= 0.3 is 6.18 Å². The summed E-state index contributed by atoms with van der Waals surface area (Å²) in [4.78, 5) is 36.6.